The molecule has 4 rings (SSSR count). The van der Waals surface area contributed by atoms with Gasteiger partial charge in [-0.1, -0.05) is 12.1 Å². The lowest BCUT2D eigenvalue weighted by Crippen LogP contribution is -2.37. The van der Waals surface area contributed by atoms with Gasteiger partial charge in [0.2, 0.25) is 5.91 Å². The lowest BCUT2D eigenvalue weighted by atomic mass is 10.1. The molecular formula is C21H17NO5S. The van der Waals surface area contributed by atoms with Gasteiger partial charge in [-0.3, -0.25) is 9.59 Å². The van der Waals surface area contributed by atoms with Gasteiger partial charge in [-0.05, 0) is 36.8 Å². The zero-order valence-corrected chi connectivity index (χ0v) is 16.0. The number of ether oxygens (including phenoxy) is 1. The Kier molecular flexibility index (Phi) is 4.92. The molecule has 2 aromatic carbocycles. The molecule has 1 aromatic heterocycles. The quantitative estimate of drug-likeness (QED) is 0.382. The van der Waals surface area contributed by atoms with Crippen molar-refractivity contribution in [3.63, 3.8) is 0 Å². The molecule has 142 valence electrons. The molecule has 0 saturated carbocycles. The van der Waals surface area contributed by atoms with Gasteiger partial charge < -0.3 is 14.1 Å². The Bertz CT molecular complexity index is 1140. The van der Waals surface area contributed by atoms with Crippen LogP contribution in [-0.4, -0.2) is 24.2 Å². The van der Waals surface area contributed by atoms with Crippen LogP contribution in [0.2, 0.25) is 0 Å². The Balaban J connectivity index is 1.46. The summed E-state index contributed by atoms with van der Waals surface area (Å²) in [5, 5.41) is 0.785. The Morgan fingerprint density at radius 1 is 1.18 bits per heavy atom. The van der Waals surface area contributed by atoms with E-state index in [2.05, 4.69) is 0 Å². The lowest BCUT2D eigenvalue weighted by Gasteiger charge is -2.28. The lowest BCUT2D eigenvalue weighted by molar-refractivity contribution is -0.134. The predicted octanol–water partition coefficient (Wildman–Crippen LogP) is 3.54. The van der Waals surface area contributed by atoms with E-state index in [1.54, 1.807) is 17.0 Å². The number of carbonyl (C=O) groups excluding carboxylic acids is 2. The van der Waals surface area contributed by atoms with Gasteiger partial charge in [-0.25, -0.2) is 4.79 Å². The number of thioether (sulfide) groups is 1. The van der Waals surface area contributed by atoms with Gasteiger partial charge in [0, 0.05) is 29.0 Å². The normalized spacial score (nSPS) is 13.5. The molecule has 0 radical (unpaired) electrons. The van der Waals surface area contributed by atoms with Crippen LogP contribution in [0.3, 0.4) is 0 Å². The number of anilines is 1. The van der Waals surface area contributed by atoms with Crippen molar-refractivity contribution in [1.82, 2.24) is 0 Å². The molecule has 2 heterocycles. The number of amides is 1. The maximum absolute atomic E-state index is 12.3. The summed E-state index contributed by atoms with van der Waals surface area (Å²) in [6, 6.07) is 14.0. The number of hydrogen-bond donors (Lipinski definition) is 0. The molecule has 0 atom stereocenters. The second kappa shape index (κ2) is 7.52. The van der Waals surface area contributed by atoms with Crippen molar-refractivity contribution >= 4 is 40.3 Å². The molecule has 0 aliphatic carbocycles. The van der Waals surface area contributed by atoms with E-state index in [0.717, 1.165) is 21.5 Å². The van der Waals surface area contributed by atoms with Crippen molar-refractivity contribution < 1.29 is 18.7 Å². The smallest absolute Gasteiger partial charge is 0.336 e. The highest BCUT2D eigenvalue weighted by atomic mass is 32.2. The summed E-state index contributed by atoms with van der Waals surface area (Å²) in [6.07, 6.45) is 0.0561. The van der Waals surface area contributed by atoms with Gasteiger partial charge in [0.05, 0.1) is 17.9 Å². The second-order valence-electron chi connectivity index (χ2n) is 6.43. The zero-order valence-electron chi connectivity index (χ0n) is 15.1. The van der Waals surface area contributed by atoms with Crippen LogP contribution < -0.4 is 15.3 Å². The van der Waals surface area contributed by atoms with Crippen molar-refractivity contribution in [2.45, 2.75) is 18.2 Å². The summed E-state index contributed by atoms with van der Waals surface area (Å²) in [5.41, 5.74) is 1.53. The van der Waals surface area contributed by atoms with Crippen LogP contribution in [-0.2, 0) is 9.59 Å². The van der Waals surface area contributed by atoms with E-state index in [4.69, 9.17) is 9.15 Å². The van der Waals surface area contributed by atoms with E-state index in [-0.39, 0.29) is 18.9 Å². The maximum Gasteiger partial charge on any atom is 0.336 e. The van der Waals surface area contributed by atoms with Crippen molar-refractivity contribution in [3.05, 3.63) is 64.5 Å². The van der Waals surface area contributed by atoms with E-state index in [9.17, 15) is 14.4 Å². The van der Waals surface area contributed by atoms with Crippen LogP contribution in [0.15, 0.2) is 62.6 Å². The van der Waals surface area contributed by atoms with Crippen molar-refractivity contribution in [2.24, 2.45) is 0 Å². The van der Waals surface area contributed by atoms with Gasteiger partial charge >= 0.3 is 11.6 Å². The minimum atomic E-state index is -0.460. The van der Waals surface area contributed by atoms with Crippen molar-refractivity contribution in [1.29, 1.82) is 0 Å². The molecule has 0 unspecified atom stereocenters. The summed E-state index contributed by atoms with van der Waals surface area (Å²) in [4.78, 5) is 38.7. The van der Waals surface area contributed by atoms with Crippen LogP contribution in [0.4, 0.5) is 5.69 Å². The third-order valence-corrected chi connectivity index (χ3v) is 5.55. The standard InChI is InChI=1S/C21H17NO5S/c1-13-10-21(25)27-17-11-14(6-7-15(13)17)26-20(24)8-9-22-16-4-2-3-5-18(16)28-12-19(22)23/h2-7,10-11H,8-9,12H2,1H3. The number of benzene rings is 2. The highest BCUT2D eigenvalue weighted by Gasteiger charge is 2.25. The second-order valence-corrected chi connectivity index (χ2v) is 7.45. The summed E-state index contributed by atoms with van der Waals surface area (Å²) < 4.78 is 10.5. The van der Waals surface area contributed by atoms with Crippen LogP contribution in [0.1, 0.15) is 12.0 Å². The minimum Gasteiger partial charge on any atom is -0.426 e. The van der Waals surface area contributed by atoms with Gasteiger partial charge in [0.1, 0.15) is 11.3 Å². The molecule has 0 N–H and O–H groups in total. The third-order valence-electron chi connectivity index (χ3n) is 4.50. The van der Waals surface area contributed by atoms with Gasteiger partial charge in [0.25, 0.3) is 0 Å². The fourth-order valence-electron chi connectivity index (χ4n) is 3.15. The van der Waals surface area contributed by atoms with E-state index in [0.29, 0.717) is 17.1 Å². The highest BCUT2D eigenvalue weighted by molar-refractivity contribution is 8.00. The number of nitrogens with zero attached hydrogens (tertiary/aromatic N) is 1. The molecule has 28 heavy (non-hydrogen) atoms. The van der Waals surface area contributed by atoms with E-state index < -0.39 is 11.6 Å². The van der Waals surface area contributed by atoms with Gasteiger partial charge in [-0.2, -0.15) is 0 Å². The zero-order chi connectivity index (χ0) is 19.7. The fourth-order valence-corrected chi connectivity index (χ4v) is 4.09. The topological polar surface area (TPSA) is 76.8 Å². The summed E-state index contributed by atoms with van der Waals surface area (Å²) in [6.45, 7) is 2.06. The molecule has 1 aliphatic heterocycles. The first-order valence-corrected chi connectivity index (χ1v) is 9.77. The molecule has 7 heteroatoms. The largest absolute Gasteiger partial charge is 0.426 e. The Morgan fingerprint density at radius 2 is 2.00 bits per heavy atom. The number of fused-ring (bicyclic) bond motifs is 2. The van der Waals surface area contributed by atoms with Gasteiger partial charge in [-0.15, -0.1) is 11.8 Å². The number of carbonyl (C=O) groups is 2. The SMILES string of the molecule is Cc1cc(=O)oc2cc(OC(=O)CCN3C(=O)CSc4ccccc43)ccc12. The molecule has 1 aliphatic rings. The molecular weight excluding hydrogens is 378 g/mol. The molecule has 6 nitrogen and oxygen atoms in total. The van der Waals surface area contributed by atoms with Crippen LogP contribution in [0.25, 0.3) is 11.0 Å². The summed E-state index contributed by atoms with van der Waals surface area (Å²) in [7, 11) is 0. The monoisotopic (exact) mass is 395 g/mol. The molecule has 0 spiro atoms. The Morgan fingerprint density at radius 3 is 2.86 bits per heavy atom. The third kappa shape index (κ3) is 3.66. The van der Waals surface area contributed by atoms with Crippen LogP contribution >= 0.6 is 11.8 Å². The van der Waals surface area contributed by atoms with E-state index >= 15 is 0 Å². The number of para-hydroxylation sites is 1. The number of aryl methyl sites for hydroxylation is 1. The Labute approximate surface area is 165 Å². The number of rotatable bonds is 4. The van der Waals surface area contributed by atoms with Crippen LogP contribution in [0, 0.1) is 6.92 Å². The summed E-state index contributed by atoms with van der Waals surface area (Å²) >= 11 is 1.50. The van der Waals surface area contributed by atoms with Gasteiger partial charge in [0.15, 0.2) is 0 Å². The predicted molar refractivity (Wildman–Crippen MR) is 107 cm³/mol. The first-order chi connectivity index (χ1) is 13.5. The van der Waals surface area contributed by atoms with E-state index in [1.165, 1.54) is 23.9 Å². The number of hydrogen-bond acceptors (Lipinski definition) is 6. The molecule has 1 amide bonds. The highest BCUT2D eigenvalue weighted by Crippen LogP contribution is 2.35. The fraction of sp³-hybridized carbons (Fsp3) is 0.190. The average molecular weight is 395 g/mol. The van der Waals surface area contributed by atoms with Crippen molar-refractivity contribution in [3.8, 4) is 5.75 Å². The maximum atomic E-state index is 12.3. The molecule has 0 fully saturated rings. The first kappa shape index (κ1) is 18.3. The Hall–Kier alpha value is -3.06. The van der Waals surface area contributed by atoms with E-state index in [1.807, 2.05) is 31.2 Å². The molecule has 0 bridgehead atoms. The molecule has 0 saturated heterocycles. The van der Waals surface area contributed by atoms with Crippen molar-refractivity contribution in [2.75, 3.05) is 17.2 Å². The summed E-state index contributed by atoms with van der Waals surface area (Å²) in [5.74, 6) is 0.166. The molecule has 3 aromatic rings. The minimum absolute atomic E-state index is 0.0283. The first-order valence-electron chi connectivity index (χ1n) is 8.78. The number of esters is 1. The van der Waals surface area contributed by atoms with Crippen LogP contribution in [0.5, 0.6) is 5.75 Å². The average Bonchev–Trinajstić information content (AvgIpc) is 2.66.